The van der Waals surface area contributed by atoms with Crippen molar-refractivity contribution >= 4 is 5.78 Å². The molecule has 0 bridgehead atoms. The highest BCUT2D eigenvalue weighted by molar-refractivity contribution is 5.83. The number of carbonyl (C=O) groups is 1. The van der Waals surface area contributed by atoms with E-state index in [1.54, 1.807) is 6.92 Å². The fraction of sp³-hybridized carbons (Fsp3) is 0.700. The van der Waals surface area contributed by atoms with Gasteiger partial charge in [-0.3, -0.25) is 4.79 Å². The van der Waals surface area contributed by atoms with E-state index in [0.717, 1.165) is 0 Å². The van der Waals surface area contributed by atoms with Crippen LogP contribution in [0.5, 0.6) is 0 Å². The molecule has 1 aromatic rings. The molecule has 1 rings (SSSR count). The molecule has 0 aliphatic rings. The molecule has 0 aromatic carbocycles. The Morgan fingerprint density at radius 1 is 1.53 bits per heavy atom. The molecule has 0 amide bonds. The molecule has 15 heavy (non-hydrogen) atoms. The van der Waals surface area contributed by atoms with Crippen LogP contribution in [-0.4, -0.2) is 34.9 Å². The summed E-state index contributed by atoms with van der Waals surface area (Å²) < 4.78 is 5.04. The smallest absolute Gasteiger partial charge is 0.236 e. The summed E-state index contributed by atoms with van der Waals surface area (Å²) in [6.45, 7) is 4.24. The van der Waals surface area contributed by atoms with E-state index in [-0.39, 0.29) is 11.7 Å². The number of carbonyl (C=O) groups excluding carboxylic acids is 1. The fourth-order valence-electron chi connectivity index (χ4n) is 1.23. The molecule has 0 saturated carbocycles. The van der Waals surface area contributed by atoms with Crippen LogP contribution in [-0.2, 0) is 11.3 Å². The minimum absolute atomic E-state index is 0.120. The van der Waals surface area contributed by atoms with Gasteiger partial charge in [0.15, 0.2) is 5.82 Å². The monoisotopic (exact) mass is 211 g/mol. The Bertz CT molecular complexity index is 333. The zero-order valence-electron chi connectivity index (χ0n) is 9.65. The van der Waals surface area contributed by atoms with Gasteiger partial charge in [0.05, 0.1) is 12.5 Å². The van der Waals surface area contributed by atoms with E-state index in [1.165, 1.54) is 0 Å². The van der Waals surface area contributed by atoms with Crippen molar-refractivity contribution in [3.63, 3.8) is 0 Å². The highest BCUT2D eigenvalue weighted by Crippen LogP contribution is 2.15. The molecule has 5 heteroatoms. The van der Waals surface area contributed by atoms with Crippen molar-refractivity contribution in [1.29, 1.82) is 0 Å². The van der Waals surface area contributed by atoms with Gasteiger partial charge in [0.2, 0.25) is 5.89 Å². The minimum atomic E-state index is -0.293. The third kappa shape index (κ3) is 3.13. The first-order valence-electron chi connectivity index (χ1n) is 5.04. The van der Waals surface area contributed by atoms with Crippen molar-refractivity contribution < 1.29 is 9.32 Å². The zero-order valence-corrected chi connectivity index (χ0v) is 9.65. The number of hydrogen-bond acceptors (Lipinski definition) is 5. The van der Waals surface area contributed by atoms with Crippen molar-refractivity contribution in [3.05, 3.63) is 11.7 Å². The lowest BCUT2D eigenvalue weighted by atomic mass is 10.1. The first-order valence-corrected chi connectivity index (χ1v) is 5.04. The molecule has 1 unspecified atom stereocenters. The molecule has 0 spiro atoms. The molecule has 1 atom stereocenters. The third-order valence-electron chi connectivity index (χ3n) is 2.14. The molecule has 84 valence electrons. The van der Waals surface area contributed by atoms with Crippen molar-refractivity contribution in [2.45, 2.75) is 32.7 Å². The molecular formula is C10H17N3O2. The van der Waals surface area contributed by atoms with Crippen LogP contribution >= 0.6 is 0 Å². The van der Waals surface area contributed by atoms with Gasteiger partial charge in [-0.05, 0) is 21.0 Å². The van der Waals surface area contributed by atoms with Gasteiger partial charge in [-0.1, -0.05) is 12.1 Å². The Morgan fingerprint density at radius 2 is 2.20 bits per heavy atom. The van der Waals surface area contributed by atoms with Crippen LogP contribution in [0.15, 0.2) is 4.52 Å². The maximum Gasteiger partial charge on any atom is 0.236 e. The summed E-state index contributed by atoms with van der Waals surface area (Å²) in [6.07, 6.45) is 0.493. The second-order valence-corrected chi connectivity index (χ2v) is 3.83. The summed E-state index contributed by atoms with van der Waals surface area (Å²) >= 11 is 0. The summed E-state index contributed by atoms with van der Waals surface area (Å²) in [5.41, 5.74) is 0. The van der Waals surface area contributed by atoms with Crippen LogP contribution in [0.2, 0.25) is 0 Å². The SMILES string of the molecule is CCC(=O)C(C)c1nc(CN(C)C)no1. The predicted molar refractivity (Wildman–Crippen MR) is 55.4 cm³/mol. The molecule has 5 nitrogen and oxygen atoms in total. The van der Waals surface area contributed by atoms with Crippen LogP contribution in [0.1, 0.15) is 37.9 Å². The van der Waals surface area contributed by atoms with Crippen molar-refractivity contribution in [2.75, 3.05) is 14.1 Å². The van der Waals surface area contributed by atoms with Gasteiger partial charge in [-0.2, -0.15) is 4.98 Å². The van der Waals surface area contributed by atoms with Crippen LogP contribution < -0.4 is 0 Å². The van der Waals surface area contributed by atoms with Gasteiger partial charge in [-0.25, -0.2) is 0 Å². The molecule has 0 N–H and O–H groups in total. The van der Waals surface area contributed by atoms with Crippen molar-refractivity contribution in [2.24, 2.45) is 0 Å². The molecular weight excluding hydrogens is 194 g/mol. The van der Waals surface area contributed by atoms with Crippen molar-refractivity contribution in [1.82, 2.24) is 15.0 Å². The molecule has 0 aliphatic carbocycles. The second kappa shape index (κ2) is 5.02. The van der Waals surface area contributed by atoms with Gasteiger partial charge in [0, 0.05) is 6.42 Å². The van der Waals surface area contributed by atoms with Gasteiger partial charge in [0.1, 0.15) is 5.78 Å². The lowest BCUT2D eigenvalue weighted by Gasteiger charge is -2.04. The average Bonchev–Trinajstić information content (AvgIpc) is 2.63. The minimum Gasteiger partial charge on any atom is -0.339 e. The molecule has 0 saturated heterocycles. The summed E-state index contributed by atoms with van der Waals surface area (Å²) in [5.74, 6) is 0.859. The number of hydrogen-bond donors (Lipinski definition) is 0. The Kier molecular flexibility index (Phi) is 3.96. The second-order valence-electron chi connectivity index (χ2n) is 3.83. The Labute approximate surface area is 89.5 Å². The molecule has 1 heterocycles. The van der Waals surface area contributed by atoms with E-state index in [2.05, 4.69) is 10.1 Å². The van der Waals surface area contributed by atoms with E-state index in [1.807, 2.05) is 25.9 Å². The van der Waals surface area contributed by atoms with Crippen molar-refractivity contribution in [3.8, 4) is 0 Å². The number of Topliss-reactive ketones (excluding diaryl/α,β-unsaturated/α-hetero) is 1. The maximum absolute atomic E-state index is 11.4. The average molecular weight is 211 g/mol. The van der Waals surface area contributed by atoms with Crippen LogP contribution in [0, 0.1) is 0 Å². The zero-order chi connectivity index (χ0) is 11.4. The third-order valence-corrected chi connectivity index (χ3v) is 2.14. The highest BCUT2D eigenvalue weighted by Gasteiger charge is 2.20. The van der Waals surface area contributed by atoms with E-state index in [0.29, 0.717) is 24.7 Å². The van der Waals surface area contributed by atoms with E-state index >= 15 is 0 Å². The van der Waals surface area contributed by atoms with Gasteiger partial charge < -0.3 is 9.42 Å². The van der Waals surface area contributed by atoms with E-state index in [4.69, 9.17) is 4.52 Å². The summed E-state index contributed by atoms with van der Waals surface area (Å²) in [7, 11) is 3.85. The Morgan fingerprint density at radius 3 is 2.73 bits per heavy atom. The first kappa shape index (κ1) is 11.8. The van der Waals surface area contributed by atoms with E-state index in [9.17, 15) is 4.79 Å². The number of nitrogens with zero attached hydrogens (tertiary/aromatic N) is 3. The van der Waals surface area contributed by atoms with Crippen LogP contribution in [0.25, 0.3) is 0 Å². The standard InChI is InChI=1S/C10H17N3O2/c1-5-8(14)7(2)10-11-9(12-15-10)6-13(3)4/h7H,5-6H2,1-4H3. The number of rotatable bonds is 5. The van der Waals surface area contributed by atoms with Gasteiger partial charge >= 0.3 is 0 Å². The molecule has 0 fully saturated rings. The summed E-state index contributed by atoms with van der Waals surface area (Å²) in [6, 6.07) is 0. The van der Waals surface area contributed by atoms with Crippen LogP contribution in [0.4, 0.5) is 0 Å². The molecule has 0 radical (unpaired) electrons. The topological polar surface area (TPSA) is 59.2 Å². The predicted octanol–water partition coefficient (Wildman–Crippen LogP) is 1.21. The summed E-state index contributed by atoms with van der Waals surface area (Å²) in [4.78, 5) is 17.5. The van der Waals surface area contributed by atoms with Crippen LogP contribution in [0.3, 0.4) is 0 Å². The Hall–Kier alpha value is -1.23. The Balaban J connectivity index is 2.71. The summed E-state index contributed by atoms with van der Waals surface area (Å²) in [5, 5.41) is 3.81. The highest BCUT2D eigenvalue weighted by atomic mass is 16.5. The lowest BCUT2D eigenvalue weighted by molar-refractivity contribution is -0.120. The lowest BCUT2D eigenvalue weighted by Crippen LogP contribution is -2.12. The van der Waals surface area contributed by atoms with Gasteiger partial charge in [-0.15, -0.1) is 0 Å². The maximum atomic E-state index is 11.4. The first-order chi connectivity index (χ1) is 7.04. The fourth-order valence-corrected chi connectivity index (χ4v) is 1.23. The molecule has 1 aromatic heterocycles. The van der Waals surface area contributed by atoms with Gasteiger partial charge in [0.25, 0.3) is 0 Å². The number of aromatic nitrogens is 2. The quantitative estimate of drug-likeness (QED) is 0.732. The normalized spacial score (nSPS) is 13.1. The molecule has 0 aliphatic heterocycles. The number of ketones is 1. The largest absolute Gasteiger partial charge is 0.339 e. The van der Waals surface area contributed by atoms with E-state index < -0.39 is 0 Å².